The first kappa shape index (κ1) is 16.5. The van der Waals surface area contributed by atoms with E-state index in [9.17, 15) is 0 Å². The van der Waals surface area contributed by atoms with Gasteiger partial charge in [-0.2, -0.15) is 9.61 Å². The maximum atomic E-state index is 5.36. The number of aryl methyl sites for hydroxylation is 2. The van der Waals surface area contributed by atoms with Crippen molar-refractivity contribution in [2.45, 2.75) is 12.8 Å². The van der Waals surface area contributed by atoms with Crippen molar-refractivity contribution in [1.82, 2.24) is 24.8 Å². The first-order valence-electron chi connectivity index (χ1n) is 8.11. The van der Waals surface area contributed by atoms with Gasteiger partial charge in [-0.05, 0) is 36.2 Å². The third kappa shape index (κ3) is 3.11. The van der Waals surface area contributed by atoms with Gasteiger partial charge in [0, 0.05) is 24.4 Å². The third-order valence-electron chi connectivity index (χ3n) is 4.03. The average Bonchev–Trinajstić information content (AvgIpc) is 3.27. The van der Waals surface area contributed by atoms with Crippen LogP contribution >= 0.6 is 11.3 Å². The molecular weight excluding hydrogens is 350 g/mol. The van der Waals surface area contributed by atoms with E-state index in [0.29, 0.717) is 5.82 Å². The molecule has 8 heteroatoms. The molecule has 7 nitrogen and oxygen atoms in total. The van der Waals surface area contributed by atoms with E-state index in [1.165, 1.54) is 5.56 Å². The summed E-state index contributed by atoms with van der Waals surface area (Å²) in [6, 6.07) is 9.79. The lowest BCUT2D eigenvalue weighted by molar-refractivity contribution is 0.354. The number of benzene rings is 1. The molecule has 132 valence electrons. The molecule has 4 aromatic rings. The first-order chi connectivity index (χ1) is 12.8. The summed E-state index contributed by atoms with van der Waals surface area (Å²) in [5.41, 5.74) is 2.07. The highest BCUT2D eigenvalue weighted by Crippen LogP contribution is 2.28. The zero-order chi connectivity index (χ0) is 17.9. The molecule has 0 aliphatic carbocycles. The molecule has 0 saturated heterocycles. The van der Waals surface area contributed by atoms with Gasteiger partial charge in [0.15, 0.2) is 17.3 Å². The van der Waals surface area contributed by atoms with Crippen LogP contribution in [0.25, 0.3) is 16.3 Å². The maximum absolute atomic E-state index is 5.36. The van der Waals surface area contributed by atoms with E-state index in [1.54, 1.807) is 42.5 Å². The highest BCUT2D eigenvalue weighted by molar-refractivity contribution is 7.16. The van der Waals surface area contributed by atoms with Crippen LogP contribution in [0.2, 0.25) is 0 Å². The van der Waals surface area contributed by atoms with Crippen molar-refractivity contribution in [3.8, 4) is 22.9 Å². The van der Waals surface area contributed by atoms with E-state index < -0.39 is 0 Å². The molecule has 0 aliphatic rings. The standard InChI is InChI=1S/C18H17N5O2S/c1-24-14-7-5-12(10-15(14)25-2)6-8-16-22-23-17(20-21-18(23)26-16)13-4-3-9-19-11-13/h3-5,7,9-11H,6,8H2,1-2H3. The SMILES string of the molecule is COc1ccc(CCc2nn3c(-c4cccnc4)nnc3s2)cc1OC. The number of hydrogen-bond acceptors (Lipinski definition) is 7. The fraction of sp³-hybridized carbons (Fsp3) is 0.222. The fourth-order valence-corrected chi connectivity index (χ4v) is 3.55. The lowest BCUT2D eigenvalue weighted by Gasteiger charge is -2.09. The number of pyridine rings is 1. The Morgan fingerprint density at radius 1 is 1.04 bits per heavy atom. The van der Waals surface area contributed by atoms with Crippen LogP contribution in [0.4, 0.5) is 0 Å². The summed E-state index contributed by atoms with van der Waals surface area (Å²) >= 11 is 1.55. The molecule has 0 aliphatic heterocycles. The van der Waals surface area contributed by atoms with Gasteiger partial charge in [0.05, 0.1) is 14.2 Å². The molecule has 0 saturated carbocycles. The van der Waals surface area contributed by atoms with E-state index in [4.69, 9.17) is 9.47 Å². The van der Waals surface area contributed by atoms with Gasteiger partial charge in [-0.25, -0.2) is 0 Å². The second-order valence-electron chi connectivity index (χ2n) is 5.64. The summed E-state index contributed by atoms with van der Waals surface area (Å²) in [6.45, 7) is 0. The second-order valence-corrected chi connectivity index (χ2v) is 6.69. The molecule has 0 amide bonds. The highest BCUT2D eigenvalue weighted by Gasteiger charge is 2.13. The van der Waals surface area contributed by atoms with Crippen LogP contribution in [-0.2, 0) is 12.8 Å². The molecule has 26 heavy (non-hydrogen) atoms. The normalized spacial score (nSPS) is 11.0. The van der Waals surface area contributed by atoms with Gasteiger partial charge in [-0.3, -0.25) is 4.98 Å². The quantitative estimate of drug-likeness (QED) is 0.521. The number of methoxy groups -OCH3 is 2. The molecule has 0 radical (unpaired) electrons. The minimum Gasteiger partial charge on any atom is -0.493 e. The molecule has 0 bridgehead atoms. The summed E-state index contributed by atoms with van der Waals surface area (Å²) in [7, 11) is 3.28. The molecule has 3 aromatic heterocycles. The van der Waals surface area contributed by atoms with Crippen LogP contribution in [-0.4, -0.2) is 39.0 Å². The number of nitrogens with zero attached hydrogens (tertiary/aromatic N) is 5. The van der Waals surface area contributed by atoms with Crippen LogP contribution in [0, 0.1) is 0 Å². The third-order valence-corrected chi connectivity index (χ3v) is 4.99. The van der Waals surface area contributed by atoms with Gasteiger partial charge in [-0.15, -0.1) is 10.2 Å². The molecule has 0 atom stereocenters. The predicted octanol–water partition coefficient (Wildman–Crippen LogP) is 3.05. The average molecular weight is 367 g/mol. The van der Waals surface area contributed by atoms with Crippen LogP contribution in [0.5, 0.6) is 11.5 Å². The number of fused-ring (bicyclic) bond motifs is 1. The van der Waals surface area contributed by atoms with E-state index >= 15 is 0 Å². The van der Waals surface area contributed by atoms with Gasteiger partial charge < -0.3 is 9.47 Å². The molecule has 0 spiro atoms. The van der Waals surface area contributed by atoms with Crippen LogP contribution in [0.3, 0.4) is 0 Å². The summed E-state index contributed by atoms with van der Waals surface area (Å²) in [6.07, 6.45) is 5.17. The van der Waals surface area contributed by atoms with E-state index in [0.717, 1.165) is 39.9 Å². The molecule has 3 heterocycles. The van der Waals surface area contributed by atoms with Crippen molar-refractivity contribution in [1.29, 1.82) is 0 Å². The van der Waals surface area contributed by atoms with Gasteiger partial charge in [0.2, 0.25) is 4.96 Å². The van der Waals surface area contributed by atoms with Crippen molar-refractivity contribution in [2.75, 3.05) is 14.2 Å². The number of rotatable bonds is 6. The fourth-order valence-electron chi connectivity index (χ4n) is 2.72. The first-order valence-corrected chi connectivity index (χ1v) is 8.92. The zero-order valence-electron chi connectivity index (χ0n) is 14.4. The Balaban J connectivity index is 1.54. The number of ether oxygens (including phenoxy) is 2. The molecule has 0 N–H and O–H groups in total. The van der Waals surface area contributed by atoms with Gasteiger partial charge in [0.25, 0.3) is 0 Å². The largest absolute Gasteiger partial charge is 0.493 e. The monoisotopic (exact) mass is 367 g/mol. The topological polar surface area (TPSA) is 74.4 Å². The molecule has 4 rings (SSSR count). The Morgan fingerprint density at radius 3 is 2.69 bits per heavy atom. The van der Waals surface area contributed by atoms with Crippen molar-refractivity contribution in [2.24, 2.45) is 0 Å². The Kier molecular flexibility index (Phi) is 4.49. The minimum absolute atomic E-state index is 0.710. The molecular formula is C18H17N5O2S. The highest BCUT2D eigenvalue weighted by atomic mass is 32.1. The van der Waals surface area contributed by atoms with E-state index in [-0.39, 0.29) is 0 Å². The number of hydrogen-bond donors (Lipinski definition) is 0. The van der Waals surface area contributed by atoms with Crippen molar-refractivity contribution in [3.63, 3.8) is 0 Å². The molecule has 1 aromatic carbocycles. The summed E-state index contributed by atoms with van der Waals surface area (Å²) in [5.74, 6) is 2.18. The van der Waals surface area contributed by atoms with Gasteiger partial charge >= 0.3 is 0 Å². The second kappa shape index (κ2) is 7.09. The van der Waals surface area contributed by atoms with Gasteiger partial charge in [0.1, 0.15) is 5.01 Å². The molecule has 0 unspecified atom stereocenters. The lowest BCUT2D eigenvalue weighted by Crippen LogP contribution is -1.96. The van der Waals surface area contributed by atoms with Crippen molar-refractivity contribution in [3.05, 3.63) is 53.3 Å². The Labute approximate surface area is 154 Å². The molecule has 0 fully saturated rings. The summed E-state index contributed by atoms with van der Waals surface area (Å²) in [4.78, 5) is 4.92. The lowest BCUT2D eigenvalue weighted by atomic mass is 10.1. The zero-order valence-corrected chi connectivity index (χ0v) is 15.2. The Bertz CT molecular complexity index is 1030. The van der Waals surface area contributed by atoms with Crippen LogP contribution < -0.4 is 9.47 Å². The maximum Gasteiger partial charge on any atom is 0.234 e. The van der Waals surface area contributed by atoms with E-state index in [2.05, 4.69) is 20.3 Å². The Morgan fingerprint density at radius 2 is 1.92 bits per heavy atom. The van der Waals surface area contributed by atoms with Crippen LogP contribution in [0.15, 0.2) is 42.7 Å². The van der Waals surface area contributed by atoms with Crippen molar-refractivity contribution >= 4 is 16.3 Å². The Hall–Kier alpha value is -3.00. The number of aromatic nitrogens is 5. The van der Waals surface area contributed by atoms with Gasteiger partial charge in [-0.1, -0.05) is 17.4 Å². The predicted molar refractivity (Wildman–Crippen MR) is 98.8 cm³/mol. The smallest absolute Gasteiger partial charge is 0.234 e. The van der Waals surface area contributed by atoms with Crippen LogP contribution in [0.1, 0.15) is 10.6 Å². The summed E-state index contributed by atoms with van der Waals surface area (Å²) < 4.78 is 12.4. The minimum atomic E-state index is 0.710. The van der Waals surface area contributed by atoms with Crippen molar-refractivity contribution < 1.29 is 9.47 Å². The summed E-state index contributed by atoms with van der Waals surface area (Å²) in [5, 5.41) is 14.1. The van der Waals surface area contributed by atoms with E-state index in [1.807, 2.05) is 30.3 Å².